The van der Waals surface area contributed by atoms with Crippen molar-refractivity contribution in [3.63, 3.8) is 0 Å². The molecule has 0 saturated heterocycles. The summed E-state index contributed by atoms with van der Waals surface area (Å²) in [6.45, 7) is 7.53. The number of aromatic nitrogens is 1. The van der Waals surface area contributed by atoms with Crippen LogP contribution in [0.5, 0.6) is 0 Å². The molecule has 23 heavy (non-hydrogen) atoms. The Bertz CT molecular complexity index is 741. The minimum Gasteiger partial charge on any atom is -0.465 e. The van der Waals surface area contributed by atoms with Crippen molar-refractivity contribution >= 4 is 17.6 Å². The van der Waals surface area contributed by atoms with Gasteiger partial charge in [0, 0.05) is 5.41 Å². The number of carbonyl (C=O) groups excluding carboxylic acids is 2. The lowest BCUT2D eigenvalue weighted by molar-refractivity contribution is 0.0602. The zero-order chi connectivity index (χ0) is 17.2. The van der Waals surface area contributed by atoms with Crippen LogP contribution in [0.2, 0.25) is 0 Å². The molecule has 0 spiro atoms. The van der Waals surface area contributed by atoms with Crippen LogP contribution >= 0.6 is 0 Å². The first-order valence-electron chi connectivity index (χ1n) is 7.21. The first kappa shape index (κ1) is 16.7. The average Bonchev–Trinajstić information content (AvgIpc) is 2.89. The van der Waals surface area contributed by atoms with Crippen molar-refractivity contribution in [1.82, 2.24) is 5.16 Å². The standard InChI is InChI=1S/C17H20N2O4/c1-10-13(14(19-23-10)17(2,3)4)15(20)18-12-9-7-6-8-11(12)16(21)22-5/h6-9H,1-5H3,(H,18,20). The third-order valence-corrected chi connectivity index (χ3v) is 3.38. The summed E-state index contributed by atoms with van der Waals surface area (Å²) in [6, 6.07) is 6.66. The second kappa shape index (κ2) is 6.24. The van der Waals surface area contributed by atoms with Crippen molar-refractivity contribution in [2.75, 3.05) is 12.4 Å². The van der Waals surface area contributed by atoms with Crippen LogP contribution in [0.15, 0.2) is 28.8 Å². The van der Waals surface area contributed by atoms with Crippen LogP contribution in [0.3, 0.4) is 0 Å². The number of amides is 1. The number of carbonyl (C=O) groups is 2. The first-order chi connectivity index (χ1) is 10.8. The first-order valence-corrected chi connectivity index (χ1v) is 7.21. The Hall–Kier alpha value is -2.63. The molecule has 0 aliphatic rings. The van der Waals surface area contributed by atoms with E-state index in [-0.39, 0.29) is 16.9 Å². The van der Waals surface area contributed by atoms with Crippen molar-refractivity contribution < 1.29 is 18.8 Å². The summed E-state index contributed by atoms with van der Waals surface area (Å²) in [5, 5.41) is 6.74. The van der Waals surface area contributed by atoms with E-state index in [4.69, 9.17) is 9.26 Å². The van der Waals surface area contributed by atoms with Gasteiger partial charge in [-0.3, -0.25) is 4.79 Å². The molecule has 0 aliphatic heterocycles. The summed E-state index contributed by atoms with van der Waals surface area (Å²) in [5.41, 5.74) is 1.28. The van der Waals surface area contributed by atoms with Gasteiger partial charge >= 0.3 is 5.97 Å². The van der Waals surface area contributed by atoms with Crippen LogP contribution in [0.25, 0.3) is 0 Å². The topological polar surface area (TPSA) is 81.4 Å². The van der Waals surface area contributed by atoms with Crippen LogP contribution in [-0.4, -0.2) is 24.1 Å². The van der Waals surface area contributed by atoms with Crippen molar-refractivity contribution in [3.05, 3.63) is 46.8 Å². The molecule has 6 nitrogen and oxygen atoms in total. The maximum atomic E-state index is 12.7. The summed E-state index contributed by atoms with van der Waals surface area (Å²) >= 11 is 0. The third kappa shape index (κ3) is 3.41. The Morgan fingerprint density at radius 1 is 1.22 bits per heavy atom. The van der Waals surface area contributed by atoms with E-state index in [1.54, 1.807) is 31.2 Å². The fraction of sp³-hybridized carbons (Fsp3) is 0.353. The molecule has 0 fully saturated rings. The number of hydrogen-bond donors (Lipinski definition) is 1. The summed E-state index contributed by atoms with van der Waals surface area (Å²) in [7, 11) is 1.29. The lowest BCUT2D eigenvalue weighted by Gasteiger charge is -2.17. The Morgan fingerprint density at radius 2 is 1.87 bits per heavy atom. The highest BCUT2D eigenvalue weighted by Crippen LogP contribution is 2.28. The molecule has 1 amide bonds. The van der Waals surface area contributed by atoms with Gasteiger partial charge in [-0.2, -0.15) is 0 Å². The molecule has 1 aromatic carbocycles. The van der Waals surface area contributed by atoms with Gasteiger partial charge in [0.1, 0.15) is 17.0 Å². The van der Waals surface area contributed by atoms with Gasteiger partial charge < -0.3 is 14.6 Å². The molecule has 1 aromatic heterocycles. The third-order valence-electron chi connectivity index (χ3n) is 3.38. The summed E-state index contributed by atoms with van der Waals surface area (Å²) in [4.78, 5) is 24.5. The number of hydrogen-bond acceptors (Lipinski definition) is 5. The SMILES string of the molecule is COC(=O)c1ccccc1NC(=O)c1c(C(C)(C)C)noc1C. The van der Waals surface area contributed by atoms with Gasteiger partial charge in [0.15, 0.2) is 0 Å². The minimum atomic E-state index is -0.515. The van der Waals surface area contributed by atoms with E-state index in [9.17, 15) is 9.59 Å². The molecule has 1 heterocycles. The number of para-hydroxylation sites is 1. The Labute approximate surface area is 134 Å². The monoisotopic (exact) mass is 316 g/mol. The van der Waals surface area contributed by atoms with Crippen LogP contribution in [-0.2, 0) is 10.2 Å². The molecule has 0 aliphatic carbocycles. The molecule has 0 bridgehead atoms. The minimum absolute atomic E-state index is 0.287. The number of anilines is 1. The zero-order valence-electron chi connectivity index (χ0n) is 13.9. The summed E-state index contributed by atoms with van der Waals surface area (Å²) < 4.78 is 9.91. The van der Waals surface area contributed by atoms with E-state index in [1.165, 1.54) is 7.11 Å². The van der Waals surface area contributed by atoms with Gasteiger partial charge in [0.25, 0.3) is 5.91 Å². The zero-order valence-corrected chi connectivity index (χ0v) is 13.9. The number of methoxy groups -OCH3 is 1. The van der Waals surface area contributed by atoms with E-state index in [0.717, 1.165) is 0 Å². The normalized spacial score (nSPS) is 11.2. The van der Waals surface area contributed by atoms with E-state index in [2.05, 4.69) is 10.5 Å². The number of nitrogens with zero attached hydrogens (tertiary/aromatic N) is 1. The number of ether oxygens (including phenoxy) is 1. The van der Waals surface area contributed by atoms with Gasteiger partial charge in [-0.1, -0.05) is 38.1 Å². The van der Waals surface area contributed by atoms with Gasteiger partial charge in [-0.05, 0) is 19.1 Å². The van der Waals surface area contributed by atoms with Crippen molar-refractivity contribution in [3.8, 4) is 0 Å². The van der Waals surface area contributed by atoms with Crippen molar-refractivity contribution in [2.45, 2.75) is 33.1 Å². The highest BCUT2D eigenvalue weighted by Gasteiger charge is 2.29. The molecule has 6 heteroatoms. The van der Waals surface area contributed by atoms with E-state index in [0.29, 0.717) is 22.7 Å². The van der Waals surface area contributed by atoms with Gasteiger partial charge in [-0.15, -0.1) is 0 Å². The number of esters is 1. The van der Waals surface area contributed by atoms with Crippen LogP contribution in [0.1, 0.15) is 52.9 Å². The van der Waals surface area contributed by atoms with E-state index in [1.807, 2.05) is 20.8 Å². The molecule has 0 saturated carbocycles. The lowest BCUT2D eigenvalue weighted by Crippen LogP contribution is -2.22. The predicted octanol–water partition coefficient (Wildman–Crippen LogP) is 3.32. The van der Waals surface area contributed by atoms with E-state index >= 15 is 0 Å². The molecule has 2 rings (SSSR count). The Balaban J connectivity index is 2.39. The number of aryl methyl sites for hydroxylation is 1. The highest BCUT2D eigenvalue weighted by molar-refractivity contribution is 6.09. The highest BCUT2D eigenvalue weighted by atomic mass is 16.5. The molecule has 0 unspecified atom stereocenters. The van der Waals surface area contributed by atoms with Gasteiger partial charge in [0.2, 0.25) is 0 Å². The van der Waals surface area contributed by atoms with E-state index < -0.39 is 5.97 Å². The Morgan fingerprint density at radius 3 is 2.48 bits per heavy atom. The molecule has 0 atom stereocenters. The number of benzene rings is 1. The molecule has 1 N–H and O–H groups in total. The second-order valence-corrected chi connectivity index (χ2v) is 6.20. The van der Waals surface area contributed by atoms with Gasteiger partial charge in [0.05, 0.1) is 18.4 Å². The summed E-state index contributed by atoms with van der Waals surface area (Å²) in [5.74, 6) is -0.452. The second-order valence-electron chi connectivity index (χ2n) is 6.20. The molecular formula is C17H20N2O4. The predicted molar refractivity (Wildman–Crippen MR) is 85.7 cm³/mol. The summed E-state index contributed by atoms with van der Waals surface area (Å²) in [6.07, 6.45) is 0. The van der Waals surface area contributed by atoms with Crippen molar-refractivity contribution in [1.29, 1.82) is 0 Å². The average molecular weight is 316 g/mol. The molecule has 0 radical (unpaired) electrons. The smallest absolute Gasteiger partial charge is 0.339 e. The number of nitrogens with one attached hydrogen (secondary N) is 1. The van der Waals surface area contributed by atoms with Crippen LogP contribution in [0, 0.1) is 6.92 Å². The molecule has 2 aromatic rings. The molecule has 122 valence electrons. The fourth-order valence-electron chi connectivity index (χ4n) is 2.22. The fourth-order valence-corrected chi connectivity index (χ4v) is 2.22. The van der Waals surface area contributed by atoms with Crippen LogP contribution < -0.4 is 5.32 Å². The largest absolute Gasteiger partial charge is 0.465 e. The quantitative estimate of drug-likeness (QED) is 0.878. The number of rotatable bonds is 3. The maximum Gasteiger partial charge on any atom is 0.339 e. The molecular weight excluding hydrogens is 296 g/mol. The maximum absolute atomic E-state index is 12.7. The van der Waals surface area contributed by atoms with Gasteiger partial charge in [-0.25, -0.2) is 4.79 Å². The Kier molecular flexibility index (Phi) is 4.54. The van der Waals surface area contributed by atoms with Crippen molar-refractivity contribution in [2.24, 2.45) is 0 Å². The van der Waals surface area contributed by atoms with Crippen LogP contribution in [0.4, 0.5) is 5.69 Å². The lowest BCUT2D eigenvalue weighted by atomic mass is 9.88.